The van der Waals surface area contributed by atoms with Gasteiger partial charge >= 0.3 is 0 Å². The minimum atomic E-state index is -0.219. The summed E-state index contributed by atoms with van der Waals surface area (Å²) in [5.41, 5.74) is 2.61. The smallest absolute Gasteiger partial charge is 0.194 e. The highest BCUT2D eigenvalue weighted by Crippen LogP contribution is 2.16. The molecule has 2 rings (SSSR count). The molecule has 116 valence electrons. The number of nitrogens with zero attached hydrogens (tertiary/aromatic N) is 2. The number of aliphatic imine (C=N–C) groups is 1. The number of nitrogens with one attached hydrogen (secondary N) is 1. The molecule has 1 saturated heterocycles. The lowest BCUT2D eigenvalue weighted by Crippen LogP contribution is -2.40. The number of guanidine groups is 1. The summed E-state index contributed by atoms with van der Waals surface area (Å²) in [6, 6.07) is 8.67. The van der Waals surface area contributed by atoms with Crippen molar-refractivity contribution in [3.05, 3.63) is 35.4 Å². The molecule has 2 N–H and O–H groups in total. The zero-order valence-corrected chi connectivity index (χ0v) is 13.3. The van der Waals surface area contributed by atoms with Gasteiger partial charge in [0.2, 0.25) is 0 Å². The van der Waals surface area contributed by atoms with Crippen LogP contribution in [0, 0.1) is 6.92 Å². The summed E-state index contributed by atoms with van der Waals surface area (Å²) >= 11 is 0. The molecule has 0 aliphatic carbocycles. The fraction of sp³-hybridized carbons (Fsp3) is 0.588. The van der Waals surface area contributed by atoms with Crippen molar-refractivity contribution in [1.82, 2.24) is 10.2 Å². The first-order chi connectivity index (χ1) is 10.1. The van der Waals surface area contributed by atoms with E-state index in [1.165, 1.54) is 11.1 Å². The Morgan fingerprint density at radius 2 is 2.14 bits per heavy atom. The molecule has 1 heterocycles. The maximum absolute atomic E-state index is 9.67. The van der Waals surface area contributed by atoms with E-state index in [1.807, 2.05) is 0 Å². The highest BCUT2D eigenvalue weighted by molar-refractivity contribution is 5.80. The number of aliphatic hydroxyl groups excluding tert-OH is 1. The van der Waals surface area contributed by atoms with Crippen molar-refractivity contribution in [3.63, 3.8) is 0 Å². The van der Waals surface area contributed by atoms with Gasteiger partial charge in [-0.3, -0.25) is 4.99 Å². The number of hydrogen-bond donors (Lipinski definition) is 2. The Morgan fingerprint density at radius 1 is 1.43 bits per heavy atom. The Bertz CT molecular complexity index is 469. The van der Waals surface area contributed by atoms with Crippen molar-refractivity contribution in [2.75, 3.05) is 26.2 Å². The normalized spacial score (nSPS) is 20.7. The van der Waals surface area contributed by atoms with Crippen LogP contribution in [0.3, 0.4) is 0 Å². The van der Waals surface area contributed by atoms with Gasteiger partial charge in [0.25, 0.3) is 0 Å². The summed E-state index contributed by atoms with van der Waals surface area (Å²) in [4.78, 5) is 6.90. The molecule has 1 unspecified atom stereocenters. The number of hydrogen-bond acceptors (Lipinski definition) is 2. The molecule has 0 bridgehead atoms. The predicted octanol–water partition coefficient (Wildman–Crippen LogP) is 2.13. The average Bonchev–Trinajstić information content (AvgIpc) is 2.90. The van der Waals surface area contributed by atoms with Gasteiger partial charge in [0.15, 0.2) is 5.96 Å². The Balaban J connectivity index is 1.99. The molecule has 0 saturated carbocycles. The number of β-amino-alcohol motifs (C(OH)–C–C–N with tert-alkyl or cyclic N) is 1. The Morgan fingerprint density at radius 3 is 2.71 bits per heavy atom. The maximum Gasteiger partial charge on any atom is 0.194 e. The second-order valence-electron chi connectivity index (χ2n) is 5.89. The Hall–Kier alpha value is -1.55. The van der Waals surface area contributed by atoms with Crippen LogP contribution in [0.15, 0.2) is 29.3 Å². The molecule has 1 aliphatic rings. The maximum atomic E-state index is 9.67. The first kappa shape index (κ1) is 15.8. The topological polar surface area (TPSA) is 47.9 Å². The lowest BCUT2D eigenvalue weighted by Gasteiger charge is -2.21. The van der Waals surface area contributed by atoms with E-state index in [1.54, 1.807) is 0 Å². The number of benzene rings is 1. The summed E-state index contributed by atoms with van der Waals surface area (Å²) in [5, 5.41) is 13.0. The number of aliphatic hydroxyl groups is 1. The van der Waals surface area contributed by atoms with Gasteiger partial charge in [-0.1, -0.05) is 36.8 Å². The van der Waals surface area contributed by atoms with Crippen LogP contribution >= 0.6 is 0 Å². The summed E-state index contributed by atoms with van der Waals surface area (Å²) in [6.07, 6.45) is 0.612. The van der Waals surface area contributed by atoms with Gasteiger partial charge in [-0.25, -0.2) is 0 Å². The van der Waals surface area contributed by atoms with Crippen LogP contribution in [-0.2, 0) is 0 Å². The van der Waals surface area contributed by atoms with E-state index >= 15 is 0 Å². The minimum absolute atomic E-state index is 0.219. The molecule has 4 heteroatoms. The van der Waals surface area contributed by atoms with Crippen molar-refractivity contribution in [3.8, 4) is 0 Å². The molecule has 0 amide bonds. The molecular weight excluding hydrogens is 262 g/mol. The molecular formula is C17H27N3O. The van der Waals surface area contributed by atoms with Crippen molar-refractivity contribution in [1.29, 1.82) is 0 Å². The van der Waals surface area contributed by atoms with Crippen LogP contribution in [0.1, 0.15) is 37.3 Å². The monoisotopic (exact) mass is 289 g/mol. The molecule has 1 aliphatic heterocycles. The quantitative estimate of drug-likeness (QED) is 0.659. The number of aryl methyl sites for hydroxylation is 1. The summed E-state index contributed by atoms with van der Waals surface area (Å²) in [5.74, 6) is 1.32. The average molecular weight is 289 g/mol. The fourth-order valence-electron chi connectivity index (χ4n) is 2.58. The van der Waals surface area contributed by atoms with Crippen molar-refractivity contribution >= 4 is 5.96 Å². The highest BCUT2D eigenvalue weighted by atomic mass is 16.3. The molecule has 21 heavy (non-hydrogen) atoms. The molecule has 0 aromatic heterocycles. The third kappa shape index (κ3) is 4.46. The van der Waals surface area contributed by atoms with Crippen LogP contribution in [0.25, 0.3) is 0 Å². The van der Waals surface area contributed by atoms with Gasteiger partial charge in [0.05, 0.1) is 6.10 Å². The van der Waals surface area contributed by atoms with Crippen LogP contribution < -0.4 is 5.32 Å². The standard InChI is InChI=1S/C17H27N3O/c1-4-18-17(20-10-9-16(21)12-20)19-11-14(3)15-7-5-13(2)6-8-15/h5-8,14,16,21H,4,9-12H2,1-3H3,(H,18,19)/t14?,16-/m1/s1. The summed E-state index contributed by atoms with van der Waals surface area (Å²) in [6.45, 7) is 9.57. The Kier molecular flexibility index (Phi) is 5.62. The molecule has 4 nitrogen and oxygen atoms in total. The molecule has 0 radical (unpaired) electrons. The first-order valence-corrected chi connectivity index (χ1v) is 7.88. The van der Waals surface area contributed by atoms with Crippen LogP contribution in [0.4, 0.5) is 0 Å². The van der Waals surface area contributed by atoms with E-state index in [-0.39, 0.29) is 6.10 Å². The number of likely N-dealkylation sites (tertiary alicyclic amines) is 1. The summed E-state index contributed by atoms with van der Waals surface area (Å²) < 4.78 is 0. The van der Waals surface area contributed by atoms with Crippen LogP contribution in [0.5, 0.6) is 0 Å². The molecule has 1 fully saturated rings. The largest absolute Gasteiger partial charge is 0.391 e. The highest BCUT2D eigenvalue weighted by Gasteiger charge is 2.22. The van der Waals surface area contributed by atoms with Gasteiger partial charge in [-0.15, -0.1) is 0 Å². The Labute approximate surface area is 127 Å². The van der Waals surface area contributed by atoms with Crippen LogP contribution in [-0.4, -0.2) is 48.2 Å². The zero-order chi connectivity index (χ0) is 15.2. The van der Waals surface area contributed by atoms with E-state index in [4.69, 9.17) is 4.99 Å². The van der Waals surface area contributed by atoms with Crippen LogP contribution in [0.2, 0.25) is 0 Å². The van der Waals surface area contributed by atoms with E-state index in [0.717, 1.165) is 32.0 Å². The first-order valence-electron chi connectivity index (χ1n) is 7.88. The molecule has 0 spiro atoms. The minimum Gasteiger partial charge on any atom is -0.391 e. The molecule has 1 aromatic carbocycles. The fourth-order valence-corrected chi connectivity index (χ4v) is 2.58. The van der Waals surface area contributed by atoms with Gasteiger partial charge in [-0.2, -0.15) is 0 Å². The lowest BCUT2D eigenvalue weighted by molar-refractivity contribution is 0.188. The van der Waals surface area contributed by atoms with Gasteiger partial charge in [0.1, 0.15) is 0 Å². The predicted molar refractivity (Wildman–Crippen MR) is 87.8 cm³/mol. The van der Waals surface area contributed by atoms with Crippen molar-refractivity contribution < 1.29 is 5.11 Å². The second kappa shape index (κ2) is 7.46. The van der Waals surface area contributed by atoms with E-state index in [9.17, 15) is 5.11 Å². The second-order valence-corrected chi connectivity index (χ2v) is 5.89. The van der Waals surface area contributed by atoms with Crippen molar-refractivity contribution in [2.24, 2.45) is 4.99 Å². The molecule has 1 aromatic rings. The zero-order valence-electron chi connectivity index (χ0n) is 13.3. The van der Waals surface area contributed by atoms with Gasteiger partial charge < -0.3 is 15.3 Å². The van der Waals surface area contributed by atoms with E-state index < -0.39 is 0 Å². The van der Waals surface area contributed by atoms with Gasteiger partial charge in [0, 0.05) is 32.1 Å². The van der Waals surface area contributed by atoms with Crippen molar-refractivity contribution in [2.45, 2.75) is 39.2 Å². The van der Waals surface area contributed by atoms with E-state index in [0.29, 0.717) is 12.5 Å². The lowest BCUT2D eigenvalue weighted by atomic mass is 10.0. The van der Waals surface area contributed by atoms with Gasteiger partial charge in [-0.05, 0) is 25.8 Å². The third-order valence-electron chi connectivity index (χ3n) is 3.96. The van der Waals surface area contributed by atoms with E-state index in [2.05, 4.69) is 55.3 Å². The SMILES string of the molecule is CCNC(=NCC(C)c1ccc(C)cc1)N1CC[C@@H](O)C1. The number of rotatable bonds is 4. The summed E-state index contributed by atoms with van der Waals surface area (Å²) in [7, 11) is 0. The third-order valence-corrected chi connectivity index (χ3v) is 3.96. The molecule has 2 atom stereocenters.